The zero-order valence-electron chi connectivity index (χ0n) is 13.6. The fourth-order valence-corrected chi connectivity index (χ4v) is 2.64. The molecule has 0 amide bonds. The second-order valence-corrected chi connectivity index (χ2v) is 6.18. The summed E-state index contributed by atoms with van der Waals surface area (Å²) in [5, 5.41) is 12.0. The van der Waals surface area contributed by atoms with Gasteiger partial charge >= 0.3 is 5.97 Å². The number of methoxy groups -OCH3 is 1. The first kappa shape index (κ1) is 17.7. The summed E-state index contributed by atoms with van der Waals surface area (Å²) in [6.07, 6.45) is 6.98. The number of pyridine rings is 1. The van der Waals surface area contributed by atoms with Crippen LogP contribution in [0.1, 0.15) is 40.5 Å². The Morgan fingerprint density at radius 3 is 2.71 bits per heavy atom. The minimum Gasteiger partial charge on any atom is -0.482 e. The van der Waals surface area contributed by atoms with E-state index >= 15 is 0 Å². The molecule has 0 saturated carbocycles. The first-order chi connectivity index (χ1) is 11.4. The van der Waals surface area contributed by atoms with Crippen LogP contribution in [0.15, 0.2) is 28.0 Å². The number of thiazole rings is 1. The molecule has 2 heterocycles. The van der Waals surface area contributed by atoms with Gasteiger partial charge in [-0.3, -0.25) is 4.79 Å². The number of rotatable bonds is 6. The van der Waals surface area contributed by atoms with Crippen LogP contribution in [-0.2, 0) is 6.42 Å². The molecule has 0 spiro atoms. The van der Waals surface area contributed by atoms with Crippen molar-refractivity contribution < 1.29 is 14.6 Å². The number of allylic oxidation sites excluding steroid dienone is 2. The molecule has 0 aliphatic carbocycles. The number of hydrogen-bond donors (Lipinski definition) is 2. The average Bonchev–Trinajstić information content (AvgIpc) is 3.03. The quantitative estimate of drug-likeness (QED) is 0.784. The van der Waals surface area contributed by atoms with E-state index in [-0.39, 0.29) is 17.1 Å². The minimum absolute atomic E-state index is 0.181. The highest BCUT2D eigenvalue weighted by Crippen LogP contribution is 2.19. The van der Waals surface area contributed by atoms with Gasteiger partial charge in [0.25, 0.3) is 0 Å². The molecule has 0 fully saturated rings. The fourth-order valence-electron chi connectivity index (χ4n) is 2.11. The van der Waals surface area contributed by atoms with Crippen molar-refractivity contribution in [2.24, 2.45) is 0 Å². The highest BCUT2D eigenvalue weighted by atomic mass is 32.1. The van der Waals surface area contributed by atoms with E-state index in [0.717, 1.165) is 5.57 Å². The van der Waals surface area contributed by atoms with Gasteiger partial charge < -0.3 is 14.8 Å². The summed E-state index contributed by atoms with van der Waals surface area (Å²) in [7, 11) is 1.44. The van der Waals surface area contributed by atoms with Gasteiger partial charge in [-0.15, -0.1) is 11.3 Å². The second-order valence-electron chi connectivity index (χ2n) is 5.25. The van der Waals surface area contributed by atoms with Gasteiger partial charge in [-0.05, 0) is 32.4 Å². The van der Waals surface area contributed by atoms with E-state index in [9.17, 15) is 14.7 Å². The standard InChI is InChI=1S/C17H18N2O4S/c1-10(2)4-5-11-15(20)14(17(21)22)12(19-16(11)23-3)6-7-13-18-8-9-24-13/h4,6-9H,5H2,1-3H3,(H,19,20)(H,21,22)/b7-6-. The number of nitrogens with one attached hydrogen (secondary N) is 1. The highest BCUT2D eigenvalue weighted by Gasteiger charge is 2.20. The van der Waals surface area contributed by atoms with Crippen LogP contribution in [0.3, 0.4) is 0 Å². The highest BCUT2D eigenvalue weighted by molar-refractivity contribution is 7.10. The van der Waals surface area contributed by atoms with Crippen LogP contribution >= 0.6 is 11.3 Å². The van der Waals surface area contributed by atoms with Crippen molar-refractivity contribution in [2.45, 2.75) is 20.3 Å². The van der Waals surface area contributed by atoms with Crippen molar-refractivity contribution in [3.63, 3.8) is 0 Å². The summed E-state index contributed by atoms with van der Waals surface area (Å²) in [5.41, 5.74) is 0.652. The Morgan fingerprint density at radius 1 is 1.42 bits per heavy atom. The largest absolute Gasteiger partial charge is 0.482 e. The lowest BCUT2D eigenvalue weighted by atomic mass is 10.1. The molecule has 0 unspecified atom stereocenters. The van der Waals surface area contributed by atoms with Crippen molar-refractivity contribution in [3.8, 4) is 5.88 Å². The number of hydrogen-bond acceptors (Lipinski definition) is 5. The summed E-state index contributed by atoms with van der Waals surface area (Å²) in [4.78, 5) is 31.2. The normalized spacial score (nSPS) is 10.8. The summed E-state index contributed by atoms with van der Waals surface area (Å²) >= 11 is 1.41. The Hall–Kier alpha value is -2.67. The van der Waals surface area contributed by atoms with Crippen LogP contribution in [-0.4, -0.2) is 28.2 Å². The Morgan fingerprint density at radius 2 is 2.17 bits per heavy atom. The third kappa shape index (κ3) is 3.99. The van der Waals surface area contributed by atoms with Crippen LogP contribution < -0.4 is 10.2 Å². The molecule has 0 aromatic carbocycles. The van der Waals surface area contributed by atoms with Gasteiger partial charge in [0.05, 0.1) is 18.4 Å². The predicted octanol–water partition coefficient (Wildman–Crippen LogP) is 3.22. The van der Waals surface area contributed by atoms with Gasteiger partial charge in [0, 0.05) is 11.6 Å². The van der Waals surface area contributed by atoms with Gasteiger partial charge in [0.2, 0.25) is 5.43 Å². The third-order valence-corrected chi connectivity index (χ3v) is 4.01. The van der Waals surface area contributed by atoms with Crippen molar-refractivity contribution in [1.29, 1.82) is 0 Å². The Bertz CT molecular complexity index is 844. The minimum atomic E-state index is -1.28. The Kier molecular flexibility index (Phi) is 5.70. The van der Waals surface area contributed by atoms with E-state index in [0.29, 0.717) is 17.0 Å². The Balaban J connectivity index is 2.59. The molecule has 2 aromatic rings. The third-order valence-electron chi connectivity index (χ3n) is 3.27. The van der Waals surface area contributed by atoms with Crippen molar-refractivity contribution in [1.82, 2.24) is 9.97 Å². The van der Waals surface area contributed by atoms with Gasteiger partial charge in [-0.1, -0.05) is 11.6 Å². The summed E-state index contributed by atoms with van der Waals surface area (Å²) < 4.78 is 5.25. The molecule has 126 valence electrons. The number of ether oxygens (including phenoxy) is 1. The number of carboxylic acid groups (broad SMARTS) is 1. The van der Waals surface area contributed by atoms with E-state index in [4.69, 9.17) is 4.74 Å². The van der Waals surface area contributed by atoms with Gasteiger partial charge in [0.15, 0.2) is 5.88 Å². The lowest BCUT2D eigenvalue weighted by Crippen LogP contribution is -2.22. The van der Waals surface area contributed by atoms with Gasteiger partial charge in [-0.25, -0.2) is 9.78 Å². The maximum atomic E-state index is 12.6. The summed E-state index contributed by atoms with van der Waals surface area (Å²) in [6, 6.07) is 0. The molecule has 2 aromatic heterocycles. The molecule has 0 aliphatic rings. The van der Waals surface area contributed by atoms with Crippen LogP contribution in [0, 0.1) is 0 Å². The number of H-pyrrole nitrogens is 1. The lowest BCUT2D eigenvalue weighted by Gasteiger charge is -2.10. The molecule has 24 heavy (non-hydrogen) atoms. The smallest absolute Gasteiger partial charge is 0.341 e. The maximum Gasteiger partial charge on any atom is 0.341 e. The average molecular weight is 346 g/mol. The molecule has 2 N–H and O–H groups in total. The molecular formula is C17H18N2O4S. The maximum absolute atomic E-state index is 12.6. The molecule has 7 heteroatoms. The van der Waals surface area contributed by atoms with Crippen LogP contribution in [0.4, 0.5) is 0 Å². The zero-order chi connectivity index (χ0) is 17.7. The topological polar surface area (TPSA) is 92.3 Å². The van der Waals surface area contributed by atoms with Crippen molar-refractivity contribution in [2.75, 3.05) is 7.11 Å². The monoisotopic (exact) mass is 346 g/mol. The van der Waals surface area contributed by atoms with E-state index in [1.807, 2.05) is 25.3 Å². The van der Waals surface area contributed by atoms with Crippen molar-refractivity contribution >= 4 is 29.5 Å². The number of carbonyl (C=O) groups is 1. The number of aromatic amines is 1. The van der Waals surface area contributed by atoms with E-state index in [2.05, 4.69) is 9.97 Å². The first-order valence-corrected chi connectivity index (χ1v) is 8.09. The summed E-state index contributed by atoms with van der Waals surface area (Å²) in [5.74, 6) is -1.02. The number of aromatic nitrogens is 2. The molecule has 2 rings (SSSR count). The Labute approximate surface area is 143 Å². The number of nitrogens with zero attached hydrogens (tertiary/aromatic N) is 1. The van der Waals surface area contributed by atoms with Gasteiger partial charge in [0.1, 0.15) is 10.6 Å². The predicted molar refractivity (Wildman–Crippen MR) is 94.8 cm³/mol. The molecule has 0 radical (unpaired) electrons. The fraction of sp³-hybridized carbons (Fsp3) is 0.235. The van der Waals surface area contributed by atoms with Crippen LogP contribution in [0.25, 0.3) is 12.2 Å². The SMILES string of the molecule is COc1[nH]c(/C=C\c2nccs2)c(C(=O)O)c(=O)c1CC=C(C)C. The zero-order valence-corrected chi connectivity index (χ0v) is 14.4. The molecule has 0 atom stereocenters. The second kappa shape index (κ2) is 7.74. The van der Waals surface area contributed by atoms with E-state index < -0.39 is 11.4 Å². The van der Waals surface area contributed by atoms with Crippen LogP contribution in [0.5, 0.6) is 5.88 Å². The van der Waals surface area contributed by atoms with Gasteiger partial charge in [-0.2, -0.15) is 0 Å². The molecule has 0 aliphatic heterocycles. The first-order valence-electron chi connectivity index (χ1n) is 7.21. The molecule has 0 saturated heterocycles. The van der Waals surface area contributed by atoms with Crippen LogP contribution in [0.2, 0.25) is 0 Å². The molecule has 0 bridgehead atoms. The summed E-state index contributed by atoms with van der Waals surface area (Å²) in [6.45, 7) is 3.81. The van der Waals surface area contributed by atoms with Crippen molar-refractivity contribution in [3.05, 3.63) is 55.3 Å². The number of carboxylic acids is 1. The lowest BCUT2D eigenvalue weighted by molar-refractivity contribution is 0.0694. The van der Waals surface area contributed by atoms with E-state index in [1.165, 1.54) is 24.5 Å². The van der Waals surface area contributed by atoms with E-state index in [1.54, 1.807) is 12.3 Å². The molecular weight excluding hydrogens is 328 g/mol. The number of aromatic carboxylic acids is 1. The molecule has 6 nitrogen and oxygen atoms in total.